The summed E-state index contributed by atoms with van der Waals surface area (Å²) in [7, 11) is -1.62. The van der Waals surface area contributed by atoms with Gasteiger partial charge in [-0.05, 0) is 30.0 Å². The molecule has 0 radical (unpaired) electrons. The van der Waals surface area contributed by atoms with Crippen LogP contribution in [0.3, 0.4) is 0 Å². The predicted octanol–water partition coefficient (Wildman–Crippen LogP) is 1.45. The second-order valence-corrected chi connectivity index (χ2v) is 6.90. The number of benzene rings is 1. The first-order valence-electron chi connectivity index (χ1n) is 5.98. The Kier molecular flexibility index (Phi) is 4.36. The largest absolute Gasteiger partial charge is 0.398 e. The van der Waals surface area contributed by atoms with Crippen molar-refractivity contribution < 1.29 is 8.42 Å². The van der Waals surface area contributed by atoms with Crippen LogP contribution in [0.2, 0.25) is 0 Å². The molecule has 1 aromatic heterocycles. The van der Waals surface area contributed by atoms with Crippen LogP contribution in [0.5, 0.6) is 0 Å². The molecule has 0 aliphatic heterocycles. The molecule has 0 saturated carbocycles. The van der Waals surface area contributed by atoms with E-state index in [0.29, 0.717) is 17.1 Å². The lowest BCUT2D eigenvalue weighted by Crippen LogP contribution is -2.23. The van der Waals surface area contributed by atoms with Crippen molar-refractivity contribution in [2.24, 2.45) is 7.05 Å². The van der Waals surface area contributed by atoms with Crippen LogP contribution < -0.4 is 10.5 Å². The zero-order valence-corrected chi connectivity index (χ0v) is 12.8. The normalized spacial score (nSPS) is 11.7. The summed E-state index contributed by atoms with van der Waals surface area (Å²) in [5, 5.41) is 0.745. The van der Waals surface area contributed by atoms with Gasteiger partial charge < -0.3 is 10.3 Å². The number of nitrogens with zero attached hydrogens (tertiary/aromatic N) is 2. The molecule has 0 aliphatic carbocycles. The fraction of sp³-hybridized carbons (Fsp3) is 0.250. The Morgan fingerprint density at radius 3 is 2.80 bits per heavy atom. The van der Waals surface area contributed by atoms with Crippen LogP contribution in [-0.2, 0) is 17.1 Å². The third-order valence-corrected chi connectivity index (χ3v) is 5.30. The number of sulfonamides is 1. The van der Waals surface area contributed by atoms with Gasteiger partial charge in [0.05, 0.1) is 4.90 Å². The molecule has 1 aromatic carbocycles. The molecule has 0 unspecified atom stereocenters. The molecular weight excluding hydrogens is 296 g/mol. The Balaban J connectivity index is 2.37. The van der Waals surface area contributed by atoms with E-state index in [0.717, 1.165) is 5.16 Å². The summed E-state index contributed by atoms with van der Waals surface area (Å²) in [5.74, 6) is 0. The average molecular weight is 312 g/mol. The van der Waals surface area contributed by atoms with Gasteiger partial charge >= 0.3 is 0 Å². The molecule has 108 valence electrons. The summed E-state index contributed by atoms with van der Waals surface area (Å²) >= 11 is 1.33. The summed E-state index contributed by atoms with van der Waals surface area (Å²) in [6.45, 7) is 2.08. The highest BCUT2D eigenvalue weighted by Crippen LogP contribution is 2.32. The van der Waals surface area contributed by atoms with E-state index in [2.05, 4.69) is 9.71 Å². The van der Waals surface area contributed by atoms with Crippen LogP contribution in [0.25, 0.3) is 0 Å². The van der Waals surface area contributed by atoms with Gasteiger partial charge in [0, 0.05) is 36.6 Å². The molecule has 0 fully saturated rings. The van der Waals surface area contributed by atoms with Crippen molar-refractivity contribution in [1.29, 1.82) is 0 Å². The molecule has 1 heterocycles. The molecule has 8 heteroatoms. The Labute approximate surface area is 122 Å². The van der Waals surface area contributed by atoms with Crippen LogP contribution in [0.1, 0.15) is 6.92 Å². The number of nitrogens with two attached hydrogens (primary N) is 1. The van der Waals surface area contributed by atoms with E-state index in [1.54, 1.807) is 25.3 Å². The van der Waals surface area contributed by atoms with Crippen molar-refractivity contribution in [3.63, 3.8) is 0 Å². The zero-order chi connectivity index (χ0) is 14.8. The summed E-state index contributed by atoms with van der Waals surface area (Å²) in [4.78, 5) is 5.05. The summed E-state index contributed by atoms with van der Waals surface area (Å²) in [5.41, 5.74) is 6.42. The van der Waals surface area contributed by atoms with E-state index in [4.69, 9.17) is 5.73 Å². The van der Waals surface area contributed by atoms with Gasteiger partial charge in [-0.15, -0.1) is 0 Å². The van der Waals surface area contributed by atoms with E-state index < -0.39 is 10.0 Å². The van der Waals surface area contributed by atoms with Crippen LogP contribution in [0.4, 0.5) is 5.69 Å². The highest BCUT2D eigenvalue weighted by atomic mass is 32.2. The highest BCUT2D eigenvalue weighted by molar-refractivity contribution is 7.99. The van der Waals surface area contributed by atoms with Gasteiger partial charge in [-0.1, -0.05) is 6.92 Å². The number of hydrogen-bond donors (Lipinski definition) is 2. The number of imidazole rings is 1. The predicted molar refractivity (Wildman–Crippen MR) is 79.0 cm³/mol. The lowest BCUT2D eigenvalue weighted by Gasteiger charge is -2.09. The van der Waals surface area contributed by atoms with Gasteiger partial charge in [0.25, 0.3) is 0 Å². The van der Waals surface area contributed by atoms with Crippen LogP contribution in [0.15, 0.2) is 45.5 Å². The van der Waals surface area contributed by atoms with Crippen molar-refractivity contribution in [2.75, 3.05) is 12.3 Å². The molecule has 0 atom stereocenters. The molecular formula is C12H16N4O2S2. The fourth-order valence-electron chi connectivity index (χ4n) is 1.59. The number of aromatic nitrogens is 2. The number of rotatable bonds is 5. The maximum atomic E-state index is 12.0. The fourth-order valence-corrected chi connectivity index (χ4v) is 3.62. The van der Waals surface area contributed by atoms with Gasteiger partial charge in [-0.25, -0.2) is 18.1 Å². The Hall–Kier alpha value is -1.51. The van der Waals surface area contributed by atoms with Gasteiger partial charge in [0.2, 0.25) is 10.0 Å². The summed E-state index contributed by atoms with van der Waals surface area (Å²) < 4.78 is 28.3. The maximum Gasteiger partial charge on any atom is 0.240 e. The molecule has 2 aromatic rings. The minimum Gasteiger partial charge on any atom is -0.398 e. The van der Waals surface area contributed by atoms with E-state index >= 15 is 0 Å². The topological polar surface area (TPSA) is 90.0 Å². The second kappa shape index (κ2) is 5.86. The quantitative estimate of drug-likeness (QED) is 0.816. The molecule has 0 amide bonds. The monoisotopic (exact) mass is 312 g/mol. The second-order valence-electron chi connectivity index (χ2n) is 4.12. The summed E-state index contributed by atoms with van der Waals surface area (Å²) in [6, 6.07) is 4.65. The summed E-state index contributed by atoms with van der Waals surface area (Å²) in [6.07, 6.45) is 3.50. The lowest BCUT2D eigenvalue weighted by molar-refractivity contribution is 0.583. The van der Waals surface area contributed by atoms with E-state index in [1.807, 2.05) is 17.8 Å². The number of nitrogens with one attached hydrogen (secondary N) is 1. The molecule has 0 bridgehead atoms. The Bertz CT molecular complexity index is 710. The number of anilines is 1. The van der Waals surface area contributed by atoms with Gasteiger partial charge in [0.15, 0.2) is 5.16 Å². The molecule has 2 rings (SSSR count). The van der Waals surface area contributed by atoms with Crippen molar-refractivity contribution in [3.05, 3.63) is 30.6 Å². The number of nitrogen functional groups attached to an aromatic ring is 1. The smallest absolute Gasteiger partial charge is 0.240 e. The first-order chi connectivity index (χ1) is 9.44. The van der Waals surface area contributed by atoms with Gasteiger partial charge in [0.1, 0.15) is 0 Å². The third kappa shape index (κ3) is 3.14. The van der Waals surface area contributed by atoms with E-state index in [1.165, 1.54) is 17.8 Å². The third-order valence-electron chi connectivity index (χ3n) is 2.61. The minimum absolute atomic E-state index is 0.199. The first kappa shape index (κ1) is 14.9. The van der Waals surface area contributed by atoms with Gasteiger partial charge in [-0.2, -0.15) is 0 Å². The van der Waals surface area contributed by atoms with Crippen LogP contribution >= 0.6 is 11.8 Å². The van der Waals surface area contributed by atoms with Crippen molar-refractivity contribution in [3.8, 4) is 0 Å². The van der Waals surface area contributed by atoms with Crippen molar-refractivity contribution >= 4 is 27.5 Å². The SMILES string of the molecule is CCNS(=O)(=O)c1ccc(N)c(Sc2nccn2C)c1. The number of hydrogen-bond acceptors (Lipinski definition) is 5. The minimum atomic E-state index is -3.48. The molecule has 0 saturated heterocycles. The molecule has 0 spiro atoms. The van der Waals surface area contributed by atoms with Crippen LogP contribution in [0, 0.1) is 0 Å². The lowest BCUT2D eigenvalue weighted by atomic mass is 10.3. The van der Waals surface area contributed by atoms with Crippen LogP contribution in [-0.4, -0.2) is 24.5 Å². The van der Waals surface area contributed by atoms with E-state index in [-0.39, 0.29) is 4.90 Å². The zero-order valence-electron chi connectivity index (χ0n) is 11.2. The van der Waals surface area contributed by atoms with Crippen molar-refractivity contribution in [1.82, 2.24) is 14.3 Å². The first-order valence-corrected chi connectivity index (χ1v) is 8.28. The standard InChI is InChI=1S/C12H16N4O2S2/c1-3-15-20(17,18)9-4-5-10(13)11(8-9)19-12-14-6-7-16(12)2/h4-8,15H,3,13H2,1-2H3. The van der Waals surface area contributed by atoms with Gasteiger partial charge in [-0.3, -0.25) is 0 Å². The Morgan fingerprint density at radius 1 is 1.45 bits per heavy atom. The Morgan fingerprint density at radius 2 is 2.20 bits per heavy atom. The average Bonchev–Trinajstić information content (AvgIpc) is 2.77. The molecule has 0 aliphatic rings. The number of aryl methyl sites for hydroxylation is 1. The highest BCUT2D eigenvalue weighted by Gasteiger charge is 2.15. The molecule has 6 nitrogen and oxygen atoms in total. The maximum absolute atomic E-state index is 12.0. The molecule has 3 N–H and O–H groups in total. The van der Waals surface area contributed by atoms with Crippen molar-refractivity contribution in [2.45, 2.75) is 21.9 Å². The van der Waals surface area contributed by atoms with E-state index in [9.17, 15) is 8.42 Å². The molecule has 20 heavy (non-hydrogen) atoms.